The first kappa shape index (κ1) is 10.8. The van der Waals surface area contributed by atoms with E-state index in [0.717, 1.165) is 36.9 Å². The Kier molecular flexibility index (Phi) is 3.10. The summed E-state index contributed by atoms with van der Waals surface area (Å²) in [6, 6.07) is 2.07. The van der Waals surface area contributed by atoms with Crippen LogP contribution in [0.25, 0.3) is 6.08 Å². The van der Waals surface area contributed by atoms with Crippen molar-refractivity contribution in [1.29, 1.82) is 0 Å². The van der Waals surface area contributed by atoms with E-state index in [4.69, 9.17) is 4.74 Å². The minimum Gasteiger partial charge on any atom is -0.492 e. The Balaban J connectivity index is 1.58. The van der Waals surface area contributed by atoms with Crippen molar-refractivity contribution in [3.05, 3.63) is 30.1 Å². The lowest BCUT2D eigenvalue weighted by atomic mass is 10.0. The van der Waals surface area contributed by atoms with Gasteiger partial charge in [0.15, 0.2) is 0 Å². The zero-order valence-electron chi connectivity index (χ0n) is 9.93. The van der Waals surface area contributed by atoms with Crippen LogP contribution < -0.4 is 10.1 Å². The monoisotopic (exact) mass is 230 g/mol. The van der Waals surface area contributed by atoms with Crippen molar-refractivity contribution < 1.29 is 4.74 Å². The third kappa shape index (κ3) is 3.07. The highest BCUT2D eigenvalue weighted by atomic mass is 16.5. The maximum atomic E-state index is 5.71. The molecule has 0 spiro atoms. The first-order chi connectivity index (χ1) is 8.40. The minimum atomic E-state index is 0.686. The molecule has 3 nitrogen and oxygen atoms in total. The van der Waals surface area contributed by atoms with Crippen molar-refractivity contribution >= 4 is 6.08 Å². The Labute approximate surface area is 102 Å². The van der Waals surface area contributed by atoms with Gasteiger partial charge in [0.1, 0.15) is 5.75 Å². The second-order valence-corrected chi connectivity index (χ2v) is 4.99. The summed E-state index contributed by atoms with van der Waals surface area (Å²) >= 11 is 0. The Morgan fingerprint density at radius 1 is 1.35 bits per heavy atom. The van der Waals surface area contributed by atoms with Gasteiger partial charge in [-0.2, -0.15) is 0 Å². The fourth-order valence-corrected chi connectivity index (χ4v) is 1.80. The molecule has 0 radical (unpaired) electrons. The highest BCUT2D eigenvalue weighted by Gasteiger charge is 2.21. The van der Waals surface area contributed by atoms with Crippen LogP contribution in [0.15, 0.2) is 24.5 Å². The number of nitrogens with zero attached hydrogens (tertiary/aromatic N) is 1. The van der Waals surface area contributed by atoms with Crippen molar-refractivity contribution in [2.24, 2.45) is 11.8 Å². The normalized spacial score (nSPS) is 20.5. The van der Waals surface area contributed by atoms with Crippen LogP contribution >= 0.6 is 0 Å². The van der Waals surface area contributed by atoms with E-state index in [1.165, 1.54) is 12.8 Å². The maximum Gasteiger partial charge on any atom is 0.138 e. The van der Waals surface area contributed by atoms with Crippen molar-refractivity contribution in [3.8, 4) is 5.75 Å². The van der Waals surface area contributed by atoms with Crippen LogP contribution in [-0.2, 0) is 0 Å². The van der Waals surface area contributed by atoms with Gasteiger partial charge in [0.05, 0.1) is 12.8 Å². The summed E-state index contributed by atoms with van der Waals surface area (Å²) in [5.41, 5.74) is 1.13. The van der Waals surface area contributed by atoms with Gasteiger partial charge in [-0.25, -0.2) is 0 Å². The number of ether oxygens (including phenoxy) is 1. The molecule has 0 atom stereocenters. The molecule has 0 unspecified atom stereocenters. The number of hydrogen-bond donors (Lipinski definition) is 1. The van der Waals surface area contributed by atoms with E-state index in [0.29, 0.717) is 5.92 Å². The van der Waals surface area contributed by atoms with Crippen molar-refractivity contribution in [2.75, 3.05) is 19.7 Å². The minimum absolute atomic E-state index is 0.686. The molecule has 1 N–H and O–H groups in total. The molecule has 3 rings (SSSR count). The summed E-state index contributed by atoms with van der Waals surface area (Å²) in [5, 5.41) is 3.26. The molecule has 1 saturated heterocycles. The van der Waals surface area contributed by atoms with Crippen LogP contribution in [0.1, 0.15) is 18.4 Å². The van der Waals surface area contributed by atoms with Crippen molar-refractivity contribution in [1.82, 2.24) is 10.3 Å². The molecule has 1 aromatic heterocycles. The molecule has 90 valence electrons. The van der Waals surface area contributed by atoms with Crippen LogP contribution in [0, 0.1) is 11.8 Å². The molecule has 1 aliphatic carbocycles. The van der Waals surface area contributed by atoms with E-state index in [2.05, 4.69) is 28.5 Å². The number of pyridine rings is 1. The third-order valence-corrected chi connectivity index (χ3v) is 3.29. The summed E-state index contributed by atoms with van der Waals surface area (Å²) in [6.07, 6.45) is 10.7. The molecule has 1 aliphatic heterocycles. The highest BCUT2D eigenvalue weighted by Crippen LogP contribution is 2.29. The van der Waals surface area contributed by atoms with Gasteiger partial charge in [-0.3, -0.25) is 4.98 Å². The van der Waals surface area contributed by atoms with Crippen molar-refractivity contribution in [2.45, 2.75) is 12.8 Å². The van der Waals surface area contributed by atoms with E-state index in [-0.39, 0.29) is 0 Å². The van der Waals surface area contributed by atoms with Gasteiger partial charge in [0.25, 0.3) is 0 Å². The zero-order valence-corrected chi connectivity index (χ0v) is 9.93. The van der Waals surface area contributed by atoms with Gasteiger partial charge in [0.2, 0.25) is 0 Å². The fraction of sp³-hybridized carbons (Fsp3) is 0.500. The number of nitrogens with one attached hydrogen (secondary N) is 1. The van der Waals surface area contributed by atoms with Crippen LogP contribution in [-0.4, -0.2) is 24.7 Å². The largest absolute Gasteiger partial charge is 0.492 e. The summed E-state index contributed by atoms with van der Waals surface area (Å²) in [7, 11) is 0. The van der Waals surface area contributed by atoms with E-state index in [1.54, 1.807) is 6.20 Å². The van der Waals surface area contributed by atoms with E-state index >= 15 is 0 Å². The smallest absolute Gasteiger partial charge is 0.138 e. The lowest BCUT2D eigenvalue weighted by Crippen LogP contribution is -2.40. The summed E-state index contributed by atoms with van der Waals surface area (Å²) in [4.78, 5) is 4.21. The molecule has 0 aromatic carbocycles. The van der Waals surface area contributed by atoms with Gasteiger partial charge in [-0.1, -0.05) is 12.2 Å². The Bertz CT molecular complexity index is 408. The second kappa shape index (κ2) is 4.88. The van der Waals surface area contributed by atoms with Gasteiger partial charge in [-0.05, 0) is 30.4 Å². The lowest BCUT2D eigenvalue weighted by molar-refractivity contribution is 0.298. The predicted molar refractivity (Wildman–Crippen MR) is 67.8 cm³/mol. The maximum absolute atomic E-state index is 5.71. The van der Waals surface area contributed by atoms with Gasteiger partial charge in [-0.15, -0.1) is 0 Å². The molecule has 2 heterocycles. The van der Waals surface area contributed by atoms with Crippen LogP contribution in [0.3, 0.4) is 0 Å². The van der Waals surface area contributed by atoms with E-state index in [9.17, 15) is 0 Å². The lowest BCUT2D eigenvalue weighted by Gasteiger charge is -2.23. The van der Waals surface area contributed by atoms with E-state index < -0.39 is 0 Å². The van der Waals surface area contributed by atoms with Crippen LogP contribution in [0.4, 0.5) is 0 Å². The van der Waals surface area contributed by atoms with Crippen LogP contribution in [0.2, 0.25) is 0 Å². The van der Waals surface area contributed by atoms with Crippen LogP contribution in [0.5, 0.6) is 5.75 Å². The Hall–Kier alpha value is -1.35. The summed E-state index contributed by atoms with van der Waals surface area (Å²) < 4.78 is 5.71. The molecule has 3 heteroatoms. The fourth-order valence-electron chi connectivity index (χ4n) is 1.80. The molecular formula is C14H18N2O. The number of rotatable bonds is 5. The average molecular weight is 230 g/mol. The molecule has 1 aromatic rings. The molecule has 2 aliphatic rings. The summed E-state index contributed by atoms with van der Waals surface area (Å²) in [6.45, 7) is 3.05. The molecular weight excluding hydrogens is 212 g/mol. The molecule has 2 fully saturated rings. The predicted octanol–water partition coefficient (Wildman–Crippen LogP) is 2.10. The summed E-state index contributed by atoms with van der Waals surface area (Å²) in [5.74, 6) is 2.37. The van der Waals surface area contributed by atoms with Gasteiger partial charge in [0, 0.05) is 25.2 Å². The Morgan fingerprint density at radius 2 is 2.24 bits per heavy atom. The second-order valence-electron chi connectivity index (χ2n) is 4.99. The average Bonchev–Trinajstić information content (AvgIpc) is 3.09. The van der Waals surface area contributed by atoms with E-state index in [1.807, 2.05) is 6.20 Å². The third-order valence-electron chi connectivity index (χ3n) is 3.29. The molecule has 1 saturated carbocycles. The standard InChI is InChI=1S/C14H18N2O/c1-2-11(1)10-17-14-5-12(6-16-9-14)3-4-13-7-15-8-13/h3-6,9,11,13,15H,1-2,7-8,10H2/b4-3+. The quantitative estimate of drug-likeness (QED) is 0.841. The van der Waals surface area contributed by atoms with Gasteiger partial charge < -0.3 is 10.1 Å². The molecule has 0 amide bonds. The first-order valence-electron chi connectivity index (χ1n) is 6.37. The van der Waals surface area contributed by atoms with Gasteiger partial charge >= 0.3 is 0 Å². The number of aromatic nitrogens is 1. The number of hydrogen-bond acceptors (Lipinski definition) is 3. The highest BCUT2D eigenvalue weighted by molar-refractivity contribution is 5.50. The first-order valence-corrected chi connectivity index (χ1v) is 6.37. The van der Waals surface area contributed by atoms with Crippen molar-refractivity contribution in [3.63, 3.8) is 0 Å². The molecule has 17 heavy (non-hydrogen) atoms. The molecule has 0 bridgehead atoms. The Morgan fingerprint density at radius 3 is 2.94 bits per heavy atom. The topological polar surface area (TPSA) is 34.2 Å². The zero-order chi connectivity index (χ0) is 11.5. The SMILES string of the molecule is C(=C\C1CNC1)/c1cncc(OCC2CC2)c1.